The molecule has 1 aliphatic rings. The number of anilines is 2. The van der Waals surface area contributed by atoms with Gasteiger partial charge < -0.3 is 20.6 Å². The minimum Gasteiger partial charge on any atom is -0.396 e. The number of aliphatic hydroxyl groups excluding tert-OH is 1. The van der Waals surface area contributed by atoms with Crippen molar-refractivity contribution in [3.05, 3.63) is 24.0 Å². The van der Waals surface area contributed by atoms with Crippen LogP contribution in [-0.4, -0.2) is 36.9 Å². The first-order chi connectivity index (χ1) is 11.5. The number of carbonyl (C=O) groups excluding carboxylic acids is 1. The SMILES string of the molecule is CC[C@@H](C[C@@H](C)CO)NC(=O)Nc1cc(F)cc(N2CCCC2)c1. The molecule has 134 valence electrons. The van der Waals surface area contributed by atoms with E-state index in [0.29, 0.717) is 12.1 Å². The van der Waals surface area contributed by atoms with Crippen LogP contribution < -0.4 is 15.5 Å². The maximum Gasteiger partial charge on any atom is 0.319 e. The lowest BCUT2D eigenvalue weighted by Crippen LogP contribution is -2.38. The van der Waals surface area contributed by atoms with Gasteiger partial charge in [-0.15, -0.1) is 0 Å². The molecule has 0 bridgehead atoms. The summed E-state index contributed by atoms with van der Waals surface area (Å²) in [5, 5.41) is 14.8. The van der Waals surface area contributed by atoms with Crippen molar-refractivity contribution >= 4 is 17.4 Å². The molecule has 0 aromatic heterocycles. The van der Waals surface area contributed by atoms with Crippen LogP contribution in [0, 0.1) is 11.7 Å². The van der Waals surface area contributed by atoms with Crippen LogP contribution in [0.25, 0.3) is 0 Å². The highest BCUT2D eigenvalue weighted by atomic mass is 19.1. The van der Waals surface area contributed by atoms with E-state index >= 15 is 0 Å². The second-order valence-electron chi connectivity index (χ2n) is 6.62. The molecule has 0 aliphatic carbocycles. The molecule has 2 rings (SSSR count). The number of carbonyl (C=O) groups is 1. The standard InChI is InChI=1S/C18H28FN3O2/c1-3-15(8-13(2)12-23)20-18(24)21-16-9-14(19)10-17(11-16)22-6-4-5-7-22/h9-11,13,15,23H,3-8,12H2,1-2H3,(H2,20,21,24)/t13-,15+/m1/s1. The molecule has 1 heterocycles. The Kier molecular flexibility index (Phi) is 6.85. The number of nitrogens with one attached hydrogen (secondary N) is 2. The van der Waals surface area contributed by atoms with Gasteiger partial charge in [0, 0.05) is 37.1 Å². The van der Waals surface area contributed by atoms with Gasteiger partial charge >= 0.3 is 6.03 Å². The number of amides is 2. The molecule has 24 heavy (non-hydrogen) atoms. The second kappa shape index (κ2) is 8.87. The largest absolute Gasteiger partial charge is 0.396 e. The number of halogens is 1. The fourth-order valence-corrected chi connectivity index (χ4v) is 3.04. The minimum absolute atomic E-state index is 0.0150. The van der Waals surface area contributed by atoms with Crippen LogP contribution in [0.4, 0.5) is 20.6 Å². The molecule has 2 amide bonds. The monoisotopic (exact) mass is 337 g/mol. The molecule has 1 fully saturated rings. The average Bonchev–Trinajstić information content (AvgIpc) is 3.07. The third-order valence-corrected chi connectivity index (χ3v) is 4.44. The molecule has 0 spiro atoms. The van der Waals surface area contributed by atoms with E-state index in [1.54, 1.807) is 0 Å². The van der Waals surface area contributed by atoms with Gasteiger partial charge in [-0.25, -0.2) is 9.18 Å². The molecular formula is C18H28FN3O2. The smallest absolute Gasteiger partial charge is 0.319 e. The first-order valence-electron chi connectivity index (χ1n) is 8.75. The van der Waals surface area contributed by atoms with Crippen LogP contribution in [-0.2, 0) is 0 Å². The Bertz CT molecular complexity index is 547. The molecule has 0 saturated carbocycles. The van der Waals surface area contributed by atoms with Gasteiger partial charge in [-0.2, -0.15) is 0 Å². The predicted molar refractivity (Wildman–Crippen MR) is 94.9 cm³/mol. The van der Waals surface area contributed by atoms with Gasteiger partial charge in [0.1, 0.15) is 5.82 Å². The summed E-state index contributed by atoms with van der Waals surface area (Å²) < 4.78 is 13.9. The Morgan fingerprint density at radius 3 is 2.67 bits per heavy atom. The first kappa shape index (κ1) is 18.5. The summed E-state index contributed by atoms with van der Waals surface area (Å²) in [6.07, 6.45) is 3.71. The molecule has 3 N–H and O–H groups in total. The van der Waals surface area contributed by atoms with E-state index in [0.717, 1.165) is 38.0 Å². The lowest BCUT2D eigenvalue weighted by atomic mass is 10.0. The van der Waals surface area contributed by atoms with Crippen LogP contribution in [0.1, 0.15) is 39.5 Å². The zero-order chi connectivity index (χ0) is 17.5. The van der Waals surface area contributed by atoms with Crippen molar-refractivity contribution in [1.82, 2.24) is 5.32 Å². The molecule has 1 aliphatic heterocycles. The van der Waals surface area contributed by atoms with E-state index in [-0.39, 0.29) is 30.4 Å². The summed E-state index contributed by atoms with van der Waals surface area (Å²) >= 11 is 0. The Morgan fingerprint density at radius 1 is 1.33 bits per heavy atom. The number of benzene rings is 1. The van der Waals surface area contributed by atoms with Crippen molar-refractivity contribution in [2.45, 2.75) is 45.6 Å². The van der Waals surface area contributed by atoms with Gasteiger partial charge in [0.05, 0.1) is 0 Å². The third-order valence-electron chi connectivity index (χ3n) is 4.44. The number of nitrogens with zero attached hydrogens (tertiary/aromatic N) is 1. The van der Waals surface area contributed by atoms with E-state index in [2.05, 4.69) is 15.5 Å². The lowest BCUT2D eigenvalue weighted by molar-refractivity contribution is 0.213. The topological polar surface area (TPSA) is 64.6 Å². The predicted octanol–water partition coefficient (Wildman–Crippen LogP) is 3.34. The summed E-state index contributed by atoms with van der Waals surface area (Å²) in [4.78, 5) is 14.3. The number of aliphatic hydroxyl groups is 1. The normalized spacial score (nSPS) is 16.8. The van der Waals surface area contributed by atoms with Gasteiger partial charge in [-0.3, -0.25) is 0 Å². The maximum absolute atomic E-state index is 13.9. The summed E-state index contributed by atoms with van der Waals surface area (Å²) in [6.45, 7) is 5.88. The fraction of sp³-hybridized carbons (Fsp3) is 0.611. The van der Waals surface area contributed by atoms with E-state index in [1.165, 1.54) is 12.1 Å². The highest BCUT2D eigenvalue weighted by Crippen LogP contribution is 2.25. The van der Waals surface area contributed by atoms with Crippen molar-refractivity contribution in [1.29, 1.82) is 0 Å². The van der Waals surface area contributed by atoms with Crippen molar-refractivity contribution in [2.75, 3.05) is 29.9 Å². The molecule has 0 unspecified atom stereocenters. The summed E-state index contributed by atoms with van der Waals surface area (Å²) in [5.74, 6) is -0.221. The highest BCUT2D eigenvalue weighted by molar-refractivity contribution is 5.90. The van der Waals surface area contributed by atoms with Crippen LogP contribution in [0.2, 0.25) is 0 Å². The van der Waals surface area contributed by atoms with Crippen molar-refractivity contribution < 1.29 is 14.3 Å². The van der Waals surface area contributed by atoms with Gasteiger partial charge in [0.2, 0.25) is 0 Å². The Balaban J connectivity index is 1.97. The van der Waals surface area contributed by atoms with Crippen molar-refractivity contribution in [3.8, 4) is 0 Å². The molecule has 1 saturated heterocycles. The van der Waals surface area contributed by atoms with Crippen molar-refractivity contribution in [3.63, 3.8) is 0 Å². The van der Waals surface area contributed by atoms with E-state index in [9.17, 15) is 9.18 Å². The zero-order valence-corrected chi connectivity index (χ0v) is 14.5. The van der Waals surface area contributed by atoms with Gasteiger partial charge in [-0.1, -0.05) is 13.8 Å². The zero-order valence-electron chi connectivity index (χ0n) is 14.5. The molecule has 1 aromatic carbocycles. The summed E-state index contributed by atoms with van der Waals surface area (Å²) in [6, 6.07) is 4.29. The van der Waals surface area contributed by atoms with Gasteiger partial charge in [-0.05, 0) is 49.8 Å². The Morgan fingerprint density at radius 2 is 2.04 bits per heavy atom. The number of hydrogen-bond acceptors (Lipinski definition) is 3. The molecule has 0 radical (unpaired) electrons. The van der Waals surface area contributed by atoms with E-state index < -0.39 is 0 Å². The van der Waals surface area contributed by atoms with Crippen LogP contribution in [0.5, 0.6) is 0 Å². The van der Waals surface area contributed by atoms with E-state index in [1.807, 2.05) is 19.9 Å². The van der Waals surface area contributed by atoms with Crippen LogP contribution in [0.15, 0.2) is 18.2 Å². The van der Waals surface area contributed by atoms with Crippen molar-refractivity contribution in [2.24, 2.45) is 5.92 Å². The first-order valence-corrected chi connectivity index (χ1v) is 8.75. The van der Waals surface area contributed by atoms with Crippen LogP contribution >= 0.6 is 0 Å². The van der Waals surface area contributed by atoms with Gasteiger partial charge in [0.25, 0.3) is 0 Å². The molecule has 2 atom stereocenters. The average molecular weight is 337 g/mol. The van der Waals surface area contributed by atoms with E-state index in [4.69, 9.17) is 5.11 Å². The molecule has 6 heteroatoms. The number of rotatable bonds is 7. The highest BCUT2D eigenvalue weighted by Gasteiger charge is 2.16. The quantitative estimate of drug-likeness (QED) is 0.715. The Labute approximate surface area is 143 Å². The van der Waals surface area contributed by atoms with Gasteiger partial charge in [0.15, 0.2) is 0 Å². The molecular weight excluding hydrogens is 309 g/mol. The number of hydrogen-bond donors (Lipinski definition) is 3. The van der Waals surface area contributed by atoms with Crippen LogP contribution in [0.3, 0.4) is 0 Å². The number of urea groups is 1. The second-order valence-corrected chi connectivity index (χ2v) is 6.62. The maximum atomic E-state index is 13.9. The summed E-state index contributed by atoms with van der Waals surface area (Å²) in [5.41, 5.74) is 1.27. The third kappa shape index (κ3) is 5.37. The molecule has 1 aromatic rings. The minimum atomic E-state index is -0.351. The Hall–Kier alpha value is -1.82. The summed E-state index contributed by atoms with van der Waals surface area (Å²) in [7, 11) is 0. The fourth-order valence-electron chi connectivity index (χ4n) is 3.04. The molecule has 5 nitrogen and oxygen atoms in total. The lowest BCUT2D eigenvalue weighted by Gasteiger charge is -2.21.